The number of Topliss-reactive ketones (excluding diaryl/α,β-unsaturated/α-hetero) is 1. The van der Waals surface area contributed by atoms with Crippen molar-refractivity contribution in [3.05, 3.63) is 107 Å². The molecule has 4 unspecified atom stereocenters. The fourth-order valence-corrected chi connectivity index (χ4v) is 7.29. The van der Waals surface area contributed by atoms with Gasteiger partial charge in [-0.05, 0) is 104 Å². The number of carbonyl (C=O) groups excluding carboxylic acids is 7. The third kappa shape index (κ3) is 13.4. The number of hydrogen-bond donors (Lipinski definition) is 7. The van der Waals surface area contributed by atoms with Crippen molar-refractivity contribution in [1.29, 1.82) is 0 Å². The summed E-state index contributed by atoms with van der Waals surface area (Å²) in [5.74, 6) is -4.67. The summed E-state index contributed by atoms with van der Waals surface area (Å²) in [6.07, 6.45) is 1.09. The zero-order chi connectivity index (χ0) is 47.2. The second-order valence-corrected chi connectivity index (χ2v) is 15.9. The van der Waals surface area contributed by atoms with Gasteiger partial charge in [-0.25, -0.2) is 0 Å². The van der Waals surface area contributed by atoms with Gasteiger partial charge in [0.25, 0.3) is 5.91 Å². The predicted molar refractivity (Wildman–Crippen MR) is 243 cm³/mol. The van der Waals surface area contributed by atoms with Crippen LogP contribution in [-0.2, 0) is 39.9 Å². The Hall–Kier alpha value is -6.82. The molecule has 5 amide bonds. The molecule has 5 rings (SSSR count). The summed E-state index contributed by atoms with van der Waals surface area (Å²) in [7, 11) is 1.39. The highest BCUT2D eigenvalue weighted by molar-refractivity contribution is 6.30. The number of nitrogens with zero attached hydrogens (tertiary/aromatic N) is 1. The Kier molecular flexibility index (Phi) is 17.6. The van der Waals surface area contributed by atoms with E-state index >= 15 is 0 Å². The number of benzene rings is 4. The zero-order valence-electron chi connectivity index (χ0n) is 36.4. The van der Waals surface area contributed by atoms with E-state index in [1.807, 2.05) is 12.1 Å². The molecule has 0 fully saturated rings. The van der Waals surface area contributed by atoms with E-state index in [4.69, 9.17) is 32.5 Å². The molecule has 0 radical (unpaired) electrons. The van der Waals surface area contributed by atoms with Gasteiger partial charge in [0.15, 0.2) is 12.4 Å². The monoisotopic (exact) mass is 911 g/mol. The Morgan fingerprint density at radius 1 is 0.892 bits per heavy atom. The molecule has 4 bridgehead atoms. The first-order valence-electron chi connectivity index (χ1n) is 21.1. The standard InChI is InChI=1S/C47H54ClN7O10/c1-27(40(58)26-65-28(2)56)52-45(61)38-23-29-7-18-41(64-21-20-50)36(22-29)35-24-33(14-17-39(35)57)43(46(62)51-25-42(59)53-38)55(3)47(63)37(6-4-5-19-49)54-44(60)32-10-8-30(9-11-32)31-12-15-34(48)16-13-31/h7-18,22,24,27,37-38,43,57H,4-6,19-21,23,25-26,49-50H2,1-3H3,(H,51,62)(H,52,61)(H,53,59)(H,54,60). The average Bonchev–Trinajstić information content (AvgIpc) is 3.29. The topological polar surface area (TPSA) is 262 Å². The normalized spacial score (nSPS) is 15.8. The number of unbranched alkanes of at least 4 members (excludes halogenated alkanes) is 1. The van der Waals surface area contributed by atoms with Crippen molar-refractivity contribution >= 4 is 52.9 Å². The van der Waals surface area contributed by atoms with Crippen LogP contribution in [0.2, 0.25) is 5.02 Å². The van der Waals surface area contributed by atoms with Crippen LogP contribution in [0.5, 0.6) is 11.5 Å². The lowest BCUT2D eigenvalue weighted by Gasteiger charge is -2.32. The fourth-order valence-electron chi connectivity index (χ4n) is 7.17. The van der Waals surface area contributed by atoms with Crippen molar-refractivity contribution in [2.24, 2.45) is 11.5 Å². The number of fused-ring (bicyclic) bond motifs is 5. The highest BCUT2D eigenvalue weighted by Crippen LogP contribution is 2.39. The summed E-state index contributed by atoms with van der Waals surface area (Å²) in [5, 5.41) is 22.5. The van der Waals surface area contributed by atoms with E-state index in [-0.39, 0.29) is 48.4 Å². The molecule has 4 aromatic rings. The van der Waals surface area contributed by atoms with Gasteiger partial charge < -0.3 is 52.2 Å². The van der Waals surface area contributed by atoms with Crippen LogP contribution in [0.25, 0.3) is 22.3 Å². The lowest BCUT2D eigenvalue weighted by molar-refractivity contribution is -0.146. The van der Waals surface area contributed by atoms with Crippen molar-refractivity contribution in [2.75, 3.05) is 39.9 Å². The van der Waals surface area contributed by atoms with E-state index in [9.17, 15) is 38.7 Å². The maximum absolute atomic E-state index is 14.6. The van der Waals surface area contributed by atoms with Gasteiger partial charge in [-0.2, -0.15) is 0 Å². The number of esters is 1. The number of likely N-dealkylation sites (N-methyl/N-ethyl adjacent to an activating group) is 1. The largest absolute Gasteiger partial charge is 0.507 e. The van der Waals surface area contributed by atoms with E-state index < -0.39 is 78.6 Å². The first-order chi connectivity index (χ1) is 31.1. The molecule has 9 N–H and O–H groups in total. The van der Waals surface area contributed by atoms with Crippen molar-refractivity contribution < 1.29 is 48.1 Å². The van der Waals surface area contributed by atoms with Gasteiger partial charge in [0.1, 0.15) is 36.2 Å². The smallest absolute Gasteiger partial charge is 0.303 e. The molecule has 1 heterocycles. The summed E-state index contributed by atoms with van der Waals surface area (Å²) in [6, 6.07) is 18.4. The highest BCUT2D eigenvalue weighted by Gasteiger charge is 2.35. The van der Waals surface area contributed by atoms with Crippen LogP contribution in [0.1, 0.15) is 60.6 Å². The molecule has 18 heteroatoms. The van der Waals surface area contributed by atoms with E-state index in [1.165, 1.54) is 37.1 Å². The minimum absolute atomic E-state index is 0.0964. The number of phenolic OH excluding ortho intramolecular Hbond substituents is 1. The number of aromatic hydroxyl groups is 1. The summed E-state index contributed by atoms with van der Waals surface area (Å²) in [5.41, 5.74) is 14.9. The predicted octanol–water partition coefficient (Wildman–Crippen LogP) is 2.94. The first-order valence-corrected chi connectivity index (χ1v) is 21.4. The Morgan fingerprint density at radius 3 is 2.25 bits per heavy atom. The Morgan fingerprint density at radius 2 is 1.58 bits per heavy atom. The van der Waals surface area contributed by atoms with Crippen LogP contribution in [-0.4, -0.2) is 109 Å². The maximum atomic E-state index is 14.6. The van der Waals surface area contributed by atoms with Gasteiger partial charge >= 0.3 is 5.97 Å². The van der Waals surface area contributed by atoms with Crippen LogP contribution >= 0.6 is 11.6 Å². The van der Waals surface area contributed by atoms with Crippen LogP contribution in [0.3, 0.4) is 0 Å². The Balaban J connectivity index is 1.49. The van der Waals surface area contributed by atoms with Crippen molar-refractivity contribution in [2.45, 2.75) is 63.7 Å². The molecule has 4 atom stereocenters. The number of hydrogen-bond acceptors (Lipinski definition) is 12. The number of nitrogens with two attached hydrogens (primary N) is 2. The SMILES string of the molecule is CC(=O)OCC(=O)C(C)NC(=O)C1Cc2ccc(OCCN)c(c2)-c2cc(ccc2O)C(N(C)C(=O)C(CCCCN)NC(=O)c2ccc(-c3ccc(Cl)cc3)cc2)C(=O)NCC(=O)N1. The summed E-state index contributed by atoms with van der Waals surface area (Å²) < 4.78 is 10.7. The number of nitrogens with one attached hydrogen (secondary N) is 4. The number of phenols is 1. The van der Waals surface area contributed by atoms with Gasteiger partial charge in [-0.3, -0.25) is 33.6 Å². The molecule has 0 spiro atoms. The molecule has 17 nitrogen and oxygen atoms in total. The van der Waals surface area contributed by atoms with E-state index in [0.717, 1.165) is 18.1 Å². The van der Waals surface area contributed by atoms with Gasteiger partial charge in [-0.15, -0.1) is 0 Å². The summed E-state index contributed by atoms with van der Waals surface area (Å²) in [6.45, 7) is 1.93. The third-order valence-electron chi connectivity index (χ3n) is 10.7. The van der Waals surface area contributed by atoms with Crippen molar-refractivity contribution in [3.8, 4) is 33.8 Å². The number of amides is 5. The average molecular weight is 912 g/mol. The van der Waals surface area contributed by atoms with Crippen LogP contribution < -0.4 is 37.5 Å². The number of halogens is 1. The number of carbonyl (C=O) groups is 7. The minimum Gasteiger partial charge on any atom is -0.507 e. The van der Waals surface area contributed by atoms with Crippen LogP contribution in [0, 0.1) is 0 Å². The third-order valence-corrected chi connectivity index (χ3v) is 10.9. The molecule has 0 aromatic heterocycles. The van der Waals surface area contributed by atoms with Gasteiger partial charge in [0, 0.05) is 48.6 Å². The first kappa shape index (κ1) is 49.2. The van der Waals surface area contributed by atoms with Crippen molar-refractivity contribution in [1.82, 2.24) is 26.2 Å². The molecular formula is C47H54ClN7O10. The fraction of sp³-hybridized carbons (Fsp3) is 0.340. The summed E-state index contributed by atoms with van der Waals surface area (Å²) >= 11 is 6.05. The second-order valence-electron chi connectivity index (χ2n) is 15.5. The Bertz CT molecular complexity index is 2380. The maximum Gasteiger partial charge on any atom is 0.303 e. The second kappa shape index (κ2) is 23.2. The molecule has 65 heavy (non-hydrogen) atoms. The number of ether oxygens (including phenoxy) is 2. The zero-order valence-corrected chi connectivity index (χ0v) is 37.1. The molecule has 0 aliphatic carbocycles. The molecule has 0 saturated carbocycles. The van der Waals surface area contributed by atoms with Gasteiger partial charge in [0.2, 0.25) is 23.6 Å². The van der Waals surface area contributed by atoms with E-state index in [0.29, 0.717) is 41.3 Å². The molecule has 1 aliphatic rings. The number of ketones is 1. The highest BCUT2D eigenvalue weighted by atomic mass is 35.5. The molecule has 0 saturated heterocycles. The van der Waals surface area contributed by atoms with Crippen molar-refractivity contribution in [3.63, 3.8) is 0 Å². The molecule has 4 aromatic carbocycles. The summed E-state index contributed by atoms with van der Waals surface area (Å²) in [4.78, 5) is 94.9. The lowest BCUT2D eigenvalue weighted by Crippen LogP contribution is -2.54. The van der Waals surface area contributed by atoms with Gasteiger partial charge in [-0.1, -0.05) is 48.0 Å². The molecule has 1 aliphatic heterocycles. The minimum atomic E-state index is -1.43. The number of rotatable bonds is 17. The van der Waals surface area contributed by atoms with Crippen LogP contribution in [0.4, 0.5) is 0 Å². The van der Waals surface area contributed by atoms with E-state index in [1.54, 1.807) is 54.6 Å². The van der Waals surface area contributed by atoms with Crippen LogP contribution in [0.15, 0.2) is 84.9 Å². The quantitative estimate of drug-likeness (QED) is 0.0596. The van der Waals surface area contributed by atoms with Gasteiger partial charge in [0.05, 0.1) is 12.6 Å². The Labute approximate surface area is 381 Å². The van der Waals surface area contributed by atoms with E-state index in [2.05, 4.69) is 21.3 Å². The lowest BCUT2D eigenvalue weighted by atomic mass is 9.93. The molecular weight excluding hydrogens is 858 g/mol. The molecule has 344 valence electrons.